The number of hydrogen-bond donors (Lipinski definition) is 1. The van der Waals surface area contributed by atoms with E-state index in [9.17, 15) is 4.79 Å². The fraction of sp³-hybridized carbons (Fsp3) is 0.389. The third-order valence-corrected chi connectivity index (χ3v) is 3.63. The van der Waals surface area contributed by atoms with E-state index in [1.54, 1.807) is 7.11 Å². The van der Waals surface area contributed by atoms with E-state index in [4.69, 9.17) is 9.47 Å². The van der Waals surface area contributed by atoms with Gasteiger partial charge in [-0.25, -0.2) is 0 Å². The molecule has 4 nitrogen and oxygen atoms in total. The first-order valence-corrected chi connectivity index (χ1v) is 7.44. The molecule has 1 aromatic heterocycles. The first-order valence-electron chi connectivity index (χ1n) is 7.44. The number of benzene rings is 1. The Bertz CT molecular complexity index is 659. The number of rotatable bonds is 7. The molecule has 4 heteroatoms. The molecule has 0 aliphatic carbocycles. The minimum Gasteiger partial charge on any atom is -0.359 e. The van der Waals surface area contributed by atoms with Gasteiger partial charge in [0.05, 0.1) is 6.61 Å². The minimum atomic E-state index is 0.00884. The summed E-state index contributed by atoms with van der Waals surface area (Å²) in [5.41, 5.74) is 5.14. The normalized spacial score (nSPS) is 10.9. The first kappa shape index (κ1) is 16.5. The van der Waals surface area contributed by atoms with Crippen LogP contribution in [-0.2, 0) is 22.3 Å². The monoisotopic (exact) mass is 301 g/mol. The van der Waals surface area contributed by atoms with E-state index in [1.807, 2.05) is 19.9 Å². The van der Waals surface area contributed by atoms with Crippen LogP contribution >= 0.6 is 0 Å². The van der Waals surface area contributed by atoms with Gasteiger partial charge in [-0.15, -0.1) is 0 Å². The van der Waals surface area contributed by atoms with E-state index in [2.05, 4.69) is 29.2 Å². The number of methoxy groups -OCH3 is 1. The van der Waals surface area contributed by atoms with Gasteiger partial charge in [0.15, 0.2) is 0 Å². The summed E-state index contributed by atoms with van der Waals surface area (Å²) in [4.78, 5) is 14.9. The van der Waals surface area contributed by atoms with Crippen LogP contribution in [0, 0.1) is 13.8 Å². The van der Waals surface area contributed by atoms with Crippen LogP contribution in [-0.4, -0.2) is 25.5 Å². The van der Waals surface area contributed by atoms with Crippen molar-refractivity contribution >= 4 is 0 Å². The van der Waals surface area contributed by atoms with Crippen LogP contribution in [0.1, 0.15) is 27.9 Å². The molecule has 0 saturated carbocycles. The molecule has 0 aliphatic heterocycles. The largest absolute Gasteiger partial charge is 0.359 e. The smallest absolute Gasteiger partial charge is 0.251 e. The number of hydrogen-bond acceptors (Lipinski definition) is 3. The summed E-state index contributed by atoms with van der Waals surface area (Å²) in [6, 6.07) is 10.3. The van der Waals surface area contributed by atoms with Crippen molar-refractivity contribution in [1.29, 1.82) is 0 Å². The van der Waals surface area contributed by atoms with Crippen LogP contribution in [0.4, 0.5) is 0 Å². The third-order valence-electron chi connectivity index (χ3n) is 3.63. The second-order valence-corrected chi connectivity index (χ2v) is 5.50. The Kier molecular flexibility index (Phi) is 5.92. The summed E-state index contributed by atoms with van der Waals surface area (Å²) in [5.74, 6) is 0. The number of aromatic nitrogens is 1. The van der Waals surface area contributed by atoms with Crippen molar-refractivity contribution in [3.63, 3.8) is 0 Å². The zero-order valence-corrected chi connectivity index (χ0v) is 13.4. The average Bonchev–Trinajstić information content (AvgIpc) is 2.49. The molecule has 0 saturated heterocycles. The van der Waals surface area contributed by atoms with Gasteiger partial charge in [-0.2, -0.15) is 0 Å². The number of nitrogens with one attached hydrogen (secondary N) is 1. The van der Waals surface area contributed by atoms with E-state index >= 15 is 0 Å². The maximum atomic E-state index is 12.1. The number of aryl methyl sites for hydroxylation is 2. The van der Waals surface area contributed by atoms with Crippen LogP contribution in [0.15, 0.2) is 35.1 Å². The molecule has 0 atom stereocenters. The second kappa shape index (κ2) is 7.92. The van der Waals surface area contributed by atoms with Crippen LogP contribution < -0.4 is 5.56 Å². The summed E-state index contributed by atoms with van der Waals surface area (Å²) in [7, 11) is 1.61. The molecule has 0 spiro atoms. The molecule has 0 bridgehead atoms. The molecule has 2 aromatic rings. The average molecular weight is 301 g/mol. The molecule has 2 rings (SSSR count). The molecule has 1 N–H and O–H groups in total. The van der Waals surface area contributed by atoms with Gasteiger partial charge in [0.1, 0.15) is 6.79 Å². The van der Waals surface area contributed by atoms with Crippen LogP contribution in [0.3, 0.4) is 0 Å². The number of aromatic amines is 1. The maximum absolute atomic E-state index is 12.1. The Morgan fingerprint density at radius 1 is 1.09 bits per heavy atom. The van der Waals surface area contributed by atoms with Crippen molar-refractivity contribution in [2.24, 2.45) is 0 Å². The molecule has 22 heavy (non-hydrogen) atoms. The fourth-order valence-corrected chi connectivity index (χ4v) is 2.46. The van der Waals surface area contributed by atoms with E-state index in [0.717, 1.165) is 28.8 Å². The predicted molar refractivity (Wildman–Crippen MR) is 87.3 cm³/mol. The highest BCUT2D eigenvalue weighted by atomic mass is 16.7. The molecule has 1 aromatic carbocycles. The summed E-state index contributed by atoms with van der Waals surface area (Å²) in [5, 5.41) is 0. The summed E-state index contributed by atoms with van der Waals surface area (Å²) in [6.45, 7) is 4.86. The molecule has 118 valence electrons. The minimum absolute atomic E-state index is 0.00884. The highest BCUT2D eigenvalue weighted by molar-refractivity contribution is 5.32. The zero-order valence-electron chi connectivity index (χ0n) is 13.4. The molecule has 0 fully saturated rings. The standard InChI is InChI=1S/C18H23NO3/c1-13-10-14(2)19-18(20)17(13)11-16-6-4-15(5-7-16)8-9-22-12-21-3/h4-7,10H,8-9,11-12H2,1-3H3,(H,19,20). The molecular weight excluding hydrogens is 278 g/mol. The van der Waals surface area contributed by atoms with Crippen LogP contribution in [0.5, 0.6) is 0 Å². The Morgan fingerprint density at radius 2 is 1.77 bits per heavy atom. The van der Waals surface area contributed by atoms with Gasteiger partial charge in [0.2, 0.25) is 0 Å². The van der Waals surface area contributed by atoms with Crippen molar-refractivity contribution < 1.29 is 9.47 Å². The summed E-state index contributed by atoms with van der Waals surface area (Å²) in [6.07, 6.45) is 1.51. The molecule has 0 aliphatic rings. The maximum Gasteiger partial charge on any atom is 0.251 e. The predicted octanol–water partition coefficient (Wildman–Crippen LogP) is 2.75. The molecule has 1 heterocycles. The zero-order chi connectivity index (χ0) is 15.9. The highest BCUT2D eigenvalue weighted by Gasteiger charge is 2.06. The Morgan fingerprint density at radius 3 is 2.41 bits per heavy atom. The first-order chi connectivity index (χ1) is 10.6. The topological polar surface area (TPSA) is 51.3 Å². The van der Waals surface area contributed by atoms with Crippen LogP contribution in [0.25, 0.3) is 0 Å². The molecular formula is C18H23NO3. The van der Waals surface area contributed by atoms with Crippen molar-refractivity contribution in [2.75, 3.05) is 20.5 Å². The molecule has 0 radical (unpaired) electrons. The van der Waals surface area contributed by atoms with Crippen molar-refractivity contribution in [2.45, 2.75) is 26.7 Å². The van der Waals surface area contributed by atoms with Crippen molar-refractivity contribution in [1.82, 2.24) is 4.98 Å². The van der Waals surface area contributed by atoms with E-state index in [0.29, 0.717) is 19.8 Å². The van der Waals surface area contributed by atoms with Crippen molar-refractivity contribution in [3.05, 3.63) is 68.6 Å². The lowest BCUT2D eigenvalue weighted by Gasteiger charge is -2.08. The SMILES string of the molecule is COCOCCc1ccc(Cc2c(C)cc(C)[nH]c2=O)cc1. The third kappa shape index (κ3) is 4.55. The quantitative estimate of drug-likeness (QED) is 0.632. The highest BCUT2D eigenvalue weighted by Crippen LogP contribution is 2.12. The molecule has 0 unspecified atom stereocenters. The number of ether oxygens (including phenoxy) is 2. The van der Waals surface area contributed by atoms with Gasteiger partial charge in [0.25, 0.3) is 5.56 Å². The van der Waals surface area contributed by atoms with Crippen molar-refractivity contribution in [3.8, 4) is 0 Å². The van der Waals surface area contributed by atoms with Gasteiger partial charge in [-0.1, -0.05) is 24.3 Å². The van der Waals surface area contributed by atoms with Gasteiger partial charge in [-0.3, -0.25) is 4.79 Å². The summed E-state index contributed by atoms with van der Waals surface area (Å²) >= 11 is 0. The Labute approximate surface area is 131 Å². The lowest BCUT2D eigenvalue weighted by atomic mass is 10.0. The lowest BCUT2D eigenvalue weighted by molar-refractivity contribution is -0.0291. The second-order valence-electron chi connectivity index (χ2n) is 5.50. The molecule has 0 amide bonds. The fourth-order valence-electron chi connectivity index (χ4n) is 2.46. The van der Waals surface area contributed by atoms with Gasteiger partial charge >= 0.3 is 0 Å². The lowest BCUT2D eigenvalue weighted by Crippen LogP contribution is -2.15. The van der Waals surface area contributed by atoms with Crippen LogP contribution in [0.2, 0.25) is 0 Å². The van der Waals surface area contributed by atoms with Gasteiger partial charge < -0.3 is 14.5 Å². The van der Waals surface area contributed by atoms with E-state index < -0.39 is 0 Å². The number of pyridine rings is 1. The number of H-pyrrole nitrogens is 1. The van der Waals surface area contributed by atoms with Gasteiger partial charge in [-0.05, 0) is 43.0 Å². The van der Waals surface area contributed by atoms with E-state index in [-0.39, 0.29) is 5.56 Å². The van der Waals surface area contributed by atoms with Gasteiger partial charge in [0, 0.05) is 24.8 Å². The Balaban J connectivity index is 2.01. The van der Waals surface area contributed by atoms with E-state index in [1.165, 1.54) is 5.56 Å². The summed E-state index contributed by atoms with van der Waals surface area (Å²) < 4.78 is 10.1. The Hall–Kier alpha value is -1.91.